The molecule has 0 aromatic heterocycles. The van der Waals surface area contributed by atoms with Crippen LogP contribution >= 0.6 is 0 Å². The quantitative estimate of drug-likeness (QED) is 0.355. The van der Waals surface area contributed by atoms with Crippen LogP contribution in [-0.2, 0) is 16.8 Å². The van der Waals surface area contributed by atoms with Gasteiger partial charge < -0.3 is 15.0 Å². The molecule has 0 N–H and O–H groups in total. The monoisotopic (exact) mass is 119 g/mol. The van der Waals surface area contributed by atoms with E-state index in [1.54, 1.807) is 0 Å². The molecule has 4 heteroatoms. The van der Waals surface area contributed by atoms with E-state index < -0.39 is 6.16 Å². The van der Waals surface area contributed by atoms with E-state index in [0.717, 1.165) is 0 Å². The third-order valence-electron chi connectivity index (χ3n) is 0. The first-order chi connectivity index (χ1) is 1.73. The van der Waals surface area contributed by atoms with Crippen molar-refractivity contribution in [2.75, 3.05) is 0 Å². The van der Waals surface area contributed by atoms with Gasteiger partial charge in [-0.1, -0.05) is 0 Å². The molecule has 0 amide bonds. The molecule has 0 atom stereocenters. The van der Waals surface area contributed by atoms with Gasteiger partial charge in [0.15, 0.2) is 0 Å². The maximum Gasteiger partial charge on any atom is 2.00 e. The molecule has 1 radical (unpaired) electrons. The third kappa shape index (κ3) is 239. The molecule has 0 aliphatic rings. The molecule has 0 fully saturated rings. The predicted molar refractivity (Wildman–Crippen MR) is 5.40 cm³/mol. The second kappa shape index (κ2) is 3.78. The van der Waals surface area contributed by atoms with E-state index >= 15 is 0 Å². The Morgan fingerprint density at radius 1 is 1.40 bits per heavy atom. The van der Waals surface area contributed by atoms with Gasteiger partial charge in [0, 0.05) is 0 Å². The van der Waals surface area contributed by atoms with Gasteiger partial charge in [0.1, 0.15) is 0 Å². The van der Waals surface area contributed by atoms with Crippen LogP contribution in [0.15, 0.2) is 0 Å². The molecule has 0 heterocycles. The second-order valence-corrected chi connectivity index (χ2v) is 0.250. The molecular weight excluding hydrogens is 119 g/mol. The molecule has 0 bridgehead atoms. The minimum absolute atomic E-state index is 0. The third-order valence-corrected chi connectivity index (χ3v) is 0. The Labute approximate surface area is 38.8 Å². The van der Waals surface area contributed by atoms with E-state index in [1.165, 1.54) is 0 Å². The average Bonchev–Trinajstić information content (AvgIpc) is 0.811. The standard InChI is InChI=1S/CH2O3.Co/c2-1(3)4;/h(H2,2,3,4);/q;+2/p-2. The summed E-state index contributed by atoms with van der Waals surface area (Å²) >= 11 is 0. The van der Waals surface area contributed by atoms with Crippen LogP contribution in [0.25, 0.3) is 0 Å². The van der Waals surface area contributed by atoms with Crippen LogP contribution in [0.4, 0.5) is 4.79 Å². The van der Waals surface area contributed by atoms with Gasteiger partial charge in [-0.3, -0.25) is 0 Å². The van der Waals surface area contributed by atoms with Gasteiger partial charge in [-0.2, -0.15) is 0 Å². The van der Waals surface area contributed by atoms with Crippen molar-refractivity contribution >= 4 is 6.16 Å². The summed E-state index contributed by atoms with van der Waals surface area (Å²) in [4.78, 5) is 8.33. The summed E-state index contributed by atoms with van der Waals surface area (Å²) in [5.74, 6) is 0. The van der Waals surface area contributed by atoms with Crippen molar-refractivity contribution in [3.8, 4) is 0 Å². The minimum Gasteiger partial charge on any atom is -0.652 e. The topological polar surface area (TPSA) is 63.2 Å². The van der Waals surface area contributed by atoms with Crippen molar-refractivity contribution in [2.24, 2.45) is 0 Å². The Bertz CT molecular complexity index is 29.9. The van der Waals surface area contributed by atoms with E-state index in [4.69, 9.17) is 15.0 Å². The van der Waals surface area contributed by atoms with E-state index in [-0.39, 0.29) is 16.8 Å². The molecule has 0 saturated carbocycles. The zero-order valence-corrected chi connectivity index (χ0v) is 3.10. The van der Waals surface area contributed by atoms with Crippen molar-refractivity contribution in [1.29, 1.82) is 0 Å². The van der Waals surface area contributed by atoms with Crippen LogP contribution in [-0.4, -0.2) is 6.16 Å². The zero-order valence-electron chi connectivity index (χ0n) is 2.06. The van der Waals surface area contributed by atoms with Crippen LogP contribution < -0.4 is 10.2 Å². The molecule has 0 aromatic rings. The summed E-state index contributed by atoms with van der Waals surface area (Å²) in [6, 6.07) is 0. The largest absolute Gasteiger partial charge is 2.00 e. The first-order valence-electron chi connectivity index (χ1n) is 0.612. The summed E-state index contributed by atoms with van der Waals surface area (Å²) in [5, 5.41) is 16.7. The molecular formula is CCoO3. The summed E-state index contributed by atoms with van der Waals surface area (Å²) < 4.78 is 0. The number of rotatable bonds is 0. The minimum atomic E-state index is -2.33. The van der Waals surface area contributed by atoms with Gasteiger partial charge in [0.25, 0.3) is 0 Å². The Balaban J connectivity index is 0. The Kier molecular flexibility index (Phi) is 6.67. The SMILES string of the molecule is O=C([O-])[O-].[Co+2]. The fraction of sp³-hybridized carbons (Fsp3) is 0. The molecule has 0 unspecified atom stereocenters. The van der Waals surface area contributed by atoms with Crippen LogP contribution in [0.1, 0.15) is 0 Å². The maximum atomic E-state index is 8.33. The van der Waals surface area contributed by atoms with Crippen molar-refractivity contribution in [3.05, 3.63) is 0 Å². The Morgan fingerprint density at radius 3 is 1.40 bits per heavy atom. The van der Waals surface area contributed by atoms with Gasteiger partial charge in [-0.25, -0.2) is 0 Å². The molecule has 0 rings (SSSR count). The molecule has 0 aromatic carbocycles. The van der Waals surface area contributed by atoms with Gasteiger partial charge in [0.05, 0.1) is 0 Å². The smallest absolute Gasteiger partial charge is 0.652 e. The van der Waals surface area contributed by atoms with E-state index in [2.05, 4.69) is 0 Å². The summed E-state index contributed by atoms with van der Waals surface area (Å²) in [6.45, 7) is 0. The average molecular weight is 119 g/mol. The molecule has 31 valence electrons. The van der Waals surface area contributed by atoms with Crippen molar-refractivity contribution in [2.45, 2.75) is 0 Å². The fourth-order valence-corrected chi connectivity index (χ4v) is 0. The molecule has 0 saturated heterocycles. The first kappa shape index (κ1) is 8.84. The van der Waals surface area contributed by atoms with Crippen molar-refractivity contribution in [1.82, 2.24) is 0 Å². The van der Waals surface area contributed by atoms with Gasteiger partial charge >= 0.3 is 16.8 Å². The first-order valence-corrected chi connectivity index (χ1v) is 0.612. The van der Waals surface area contributed by atoms with E-state index in [0.29, 0.717) is 0 Å². The summed E-state index contributed by atoms with van der Waals surface area (Å²) in [6.07, 6.45) is -2.33. The van der Waals surface area contributed by atoms with Crippen LogP contribution in [0.2, 0.25) is 0 Å². The predicted octanol–water partition coefficient (Wildman–Crippen LogP) is -2.45. The fourth-order valence-electron chi connectivity index (χ4n) is 0. The number of hydrogen-bond acceptors (Lipinski definition) is 3. The van der Waals surface area contributed by atoms with Gasteiger partial charge in [0.2, 0.25) is 0 Å². The van der Waals surface area contributed by atoms with Crippen molar-refractivity contribution < 1.29 is 31.8 Å². The van der Waals surface area contributed by atoms with Crippen LogP contribution in [0.3, 0.4) is 0 Å². The molecule has 0 spiro atoms. The van der Waals surface area contributed by atoms with E-state index in [9.17, 15) is 0 Å². The Hall–Kier alpha value is -0.224. The molecule has 3 nitrogen and oxygen atoms in total. The van der Waals surface area contributed by atoms with Crippen molar-refractivity contribution in [3.63, 3.8) is 0 Å². The summed E-state index contributed by atoms with van der Waals surface area (Å²) in [7, 11) is 0. The number of carbonyl (C=O) groups excluding carboxylic acids is 1. The van der Waals surface area contributed by atoms with Gasteiger partial charge in [-0.05, 0) is 6.16 Å². The number of carbonyl (C=O) groups is 1. The zero-order chi connectivity index (χ0) is 3.58. The normalized spacial score (nSPS) is 4.80. The maximum absolute atomic E-state index is 8.33. The number of carboxylic acid groups (broad SMARTS) is 2. The Morgan fingerprint density at radius 2 is 1.40 bits per heavy atom. The molecule has 0 aliphatic carbocycles. The molecule has 5 heavy (non-hydrogen) atoms. The second-order valence-electron chi connectivity index (χ2n) is 0.250. The van der Waals surface area contributed by atoms with E-state index in [1.807, 2.05) is 0 Å². The van der Waals surface area contributed by atoms with Crippen LogP contribution in [0, 0.1) is 0 Å². The molecule has 0 aliphatic heterocycles. The van der Waals surface area contributed by atoms with Crippen LogP contribution in [0.5, 0.6) is 0 Å². The summed E-state index contributed by atoms with van der Waals surface area (Å²) in [5.41, 5.74) is 0. The number of hydrogen-bond donors (Lipinski definition) is 0. The van der Waals surface area contributed by atoms with Gasteiger partial charge in [-0.15, -0.1) is 0 Å².